The maximum atomic E-state index is 3.63. The van der Waals surface area contributed by atoms with Gasteiger partial charge in [0, 0.05) is 0 Å². The Labute approximate surface area is 88.6 Å². The molecule has 1 rings (SSSR count). The minimum atomic E-state index is 0. The van der Waals surface area contributed by atoms with E-state index in [4.69, 9.17) is 0 Å². The molecule has 0 amide bonds. The van der Waals surface area contributed by atoms with Crippen LogP contribution in [0.4, 0.5) is 0 Å². The first-order chi connectivity index (χ1) is 3.93. The van der Waals surface area contributed by atoms with Gasteiger partial charge in [0.1, 0.15) is 0 Å². The molecule has 0 N–H and O–H groups in total. The summed E-state index contributed by atoms with van der Waals surface area (Å²) in [5, 5.41) is 0. The van der Waals surface area contributed by atoms with E-state index < -0.39 is 0 Å². The van der Waals surface area contributed by atoms with Gasteiger partial charge in [-0.3, -0.25) is 0 Å². The topological polar surface area (TPSA) is 0 Å². The fourth-order valence-corrected chi connectivity index (χ4v) is 0.589. The first-order valence-electron chi connectivity index (χ1n) is 2.61. The van der Waals surface area contributed by atoms with Gasteiger partial charge in [-0.15, -0.1) is 0 Å². The maximum Gasteiger partial charge on any atom is 2.00 e. The molecule has 1 aromatic rings. The number of rotatable bonds is 1. The molecule has 0 aromatic heterocycles. The van der Waals surface area contributed by atoms with Gasteiger partial charge in [0.15, 0.2) is 0 Å². The molecule has 0 radical (unpaired) electrons. The standard InChI is InChI=1S/C8H8.Ca.2H/c1-2-8-6-4-3-5-7-8;;;/h2-7H,1H2;;;/q;+2;2*-1. The predicted molar refractivity (Wildman–Crippen MR) is 44.5 cm³/mol. The molecule has 44 valence electrons. The number of benzene rings is 1. The molecule has 0 aliphatic rings. The van der Waals surface area contributed by atoms with Gasteiger partial charge in [-0.2, -0.15) is 0 Å². The van der Waals surface area contributed by atoms with Crippen LogP contribution in [0.1, 0.15) is 8.42 Å². The monoisotopic (exact) mass is 146 g/mol. The van der Waals surface area contributed by atoms with Crippen LogP contribution in [0.3, 0.4) is 0 Å². The molecule has 0 fully saturated rings. The van der Waals surface area contributed by atoms with E-state index in [-0.39, 0.29) is 40.6 Å². The van der Waals surface area contributed by atoms with Crippen LogP contribution >= 0.6 is 0 Å². The van der Waals surface area contributed by atoms with Crippen LogP contribution in [0.15, 0.2) is 36.9 Å². The average molecular weight is 146 g/mol. The van der Waals surface area contributed by atoms with Gasteiger partial charge in [0.05, 0.1) is 0 Å². The summed E-state index contributed by atoms with van der Waals surface area (Å²) in [5.74, 6) is 0. The molecule has 1 aromatic carbocycles. The normalized spacial score (nSPS) is 7.56. The van der Waals surface area contributed by atoms with Gasteiger partial charge in [0.25, 0.3) is 0 Å². The zero-order valence-corrected chi connectivity index (χ0v) is 7.59. The van der Waals surface area contributed by atoms with Crippen LogP contribution in [0.2, 0.25) is 0 Å². The molecule has 0 bridgehead atoms. The van der Waals surface area contributed by atoms with Crippen LogP contribution in [0.25, 0.3) is 6.08 Å². The molecule has 0 unspecified atom stereocenters. The van der Waals surface area contributed by atoms with Crippen LogP contribution in [-0.2, 0) is 0 Å². The van der Waals surface area contributed by atoms with E-state index >= 15 is 0 Å². The maximum absolute atomic E-state index is 3.63. The Morgan fingerprint density at radius 2 is 1.78 bits per heavy atom. The second-order valence-corrected chi connectivity index (χ2v) is 1.61. The Bertz CT molecular complexity index is 175. The quantitative estimate of drug-likeness (QED) is 0.533. The number of hydrogen-bond donors (Lipinski definition) is 0. The van der Waals surface area contributed by atoms with Crippen molar-refractivity contribution in [3.05, 3.63) is 42.5 Å². The van der Waals surface area contributed by atoms with Crippen molar-refractivity contribution in [3.8, 4) is 0 Å². The molecule has 0 heterocycles. The van der Waals surface area contributed by atoms with Crippen molar-refractivity contribution in [1.82, 2.24) is 0 Å². The third-order valence-electron chi connectivity index (χ3n) is 1.04. The molecular formula is C8H10Ca. The Kier molecular flexibility index (Phi) is 5.16. The van der Waals surface area contributed by atoms with Crippen molar-refractivity contribution < 1.29 is 2.85 Å². The second-order valence-electron chi connectivity index (χ2n) is 1.61. The summed E-state index contributed by atoms with van der Waals surface area (Å²) < 4.78 is 0. The molecule has 0 saturated carbocycles. The molecular weight excluding hydrogens is 136 g/mol. The van der Waals surface area contributed by atoms with Crippen molar-refractivity contribution in [3.63, 3.8) is 0 Å². The molecule has 0 saturated heterocycles. The fraction of sp³-hybridized carbons (Fsp3) is 0. The second kappa shape index (κ2) is 5.04. The average Bonchev–Trinajstić information content (AvgIpc) is 1.90. The third kappa shape index (κ3) is 3.04. The van der Waals surface area contributed by atoms with Crippen molar-refractivity contribution in [1.29, 1.82) is 0 Å². The SMILES string of the molecule is C=Cc1ccccc1.[Ca+2].[H-].[H-]. The Morgan fingerprint density at radius 3 is 2.11 bits per heavy atom. The first-order valence-corrected chi connectivity index (χ1v) is 2.61. The Hall–Kier alpha value is 0.220. The van der Waals surface area contributed by atoms with Crippen LogP contribution < -0.4 is 0 Å². The van der Waals surface area contributed by atoms with Gasteiger partial charge in [-0.25, -0.2) is 0 Å². The largest absolute Gasteiger partial charge is 2.00 e. The molecule has 0 atom stereocenters. The van der Waals surface area contributed by atoms with E-state index in [1.807, 2.05) is 36.4 Å². The third-order valence-corrected chi connectivity index (χ3v) is 1.04. The van der Waals surface area contributed by atoms with E-state index in [1.54, 1.807) is 0 Å². The van der Waals surface area contributed by atoms with E-state index in [0.717, 1.165) is 0 Å². The van der Waals surface area contributed by atoms with Crippen LogP contribution in [0, 0.1) is 0 Å². The van der Waals surface area contributed by atoms with Crippen molar-refractivity contribution in [2.24, 2.45) is 0 Å². The molecule has 9 heavy (non-hydrogen) atoms. The zero-order valence-electron chi connectivity index (χ0n) is 7.38. The summed E-state index contributed by atoms with van der Waals surface area (Å²) in [5.41, 5.74) is 1.17. The summed E-state index contributed by atoms with van der Waals surface area (Å²) >= 11 is 0. The number of hydrogen-bond acceptors (Lipinski definition) is 0. The predicted octanol–water partition coefficient (Wildman–Crippen LogP) is 2.17. The molecule has 0 aliphatic carbocycles. The fourth-order valence-electron chi connectivity index (χ4n) is 0.589. The van der Waals surface area contributed by atoms with Crippen molar-refractivity contribution in [2.75, 3.05) is 0 Å². The summed E-state index contributed by atoms with van der Waals surface area (Å²) in [6, 6.07) is 10.0. The Balaban J connectivity index is -0.000000213. The molecule has 1 heteroatoms. The molecule has 0 aliphatic heterocycles. The minimum Gasteiger partial charge on any atom is -1.00 e. The summed E-state index contributed by atoms with van der Waals surface area (Å²) in [4.78, 5) is 0. The van der Waals surface area contributed by atoms with Gasteiger partial charge in [-0.05, 0) is 5.56 Å². The van der Waals surface area contributed by atoms with Crippen molar-refractivity contribution in [2.45, 2.75) is 0 Å². The first kappa shape index (κ1) is 9.22. The summed E-state index contributed by atoms with van der Waals surface area (Å²) in [7, 11) is 0. The summed E-state index contributed by atoms with van der Waals surface area (Å²) in [6.45, 7) is 3.63. The van der Waals surface area contributed by atoms with E-state index in [0.29, 0.717) is 0 Å². The molecule has 0 spiro atoms. The van der Waals surface area contributed by atoms with Crippen LogP contribution in [-0.4, -0.2) is 37.7 Å². The van der Waals surface area contributed by atoms with Gasteiger partial charge >= 0.3 is 37.7 Å². The van der Waals surface area contributed by atoms with Crippen LogP contribution in [0.5, 0.6) is 0 Å². The minimum absolute atomic E-state index is 0. The Morgan fingerprint density at radius 1 is 1.22 bits per heavy atom. The van der Waals surface area contributed by atoms with Gasteiger partial charge in [0.2, 0.25) is 0 Å². The molecule has 0 nitrogen and oxygen atoms in total. The summed E-state index contributed by atoms with van der Waals surface area (Å²) in [6.07, 6.45) is 1.83. The van der Waals surface area contributed by atoms with E-state index in [9.17, 15) is 0 Å². The van der Waals surface area contributed by atoms with E-state index in [2.05, 4.69) is 6.58 Å². The smallest absolute Gasteiger partial charge is 1.00 e. The van der Waals surface area contributed by atoms with Gasteiger partial charge < -0.3 is 2.85 Å². The van der Waals surface area contributed by atoms with Gasteiger partial charge in [-0.1, -0.05) is 43.0 Å². The van der Waals surface area contributed by atoms with E-state index in [1.165, 1.54) is 5.56 Å². The van der Waals surface area contributed by atoms with Crippen molar-refractivity contribution >= 4 is 43.8 Å². The zero-order chi connectivity index (χ0) is 5.82.